The fourth-order valence-corrected chi connectivity index (χ4v) is 2.10. The molecule has 0 aromatic carbocycles. The SMILES string of the molecule is c1cc2cc(C3CCNC3)ncc2[nH]1. The zero-order chi connectivity index (χ0) is 9.38. The van der Waals surface area contributed by atoms with Gasteiger partial charge in [0.05, 0.1) is 11.7 Å². The predicted octanol–water partition coefficient (Wildman–Crippen LogP) is 1.64. The summed E-state index contributed by atoms with van der Waals surface area (Å²) >= 11 is 0. The molecule has 1 atom stereocenters. The smallest absolute Gasteiger partial charge is 0.0640 e. The van der Waals surface area contributed by atoms with Crippen LogP contribution in [0.5, 0.6) is 0 Å². The molecule has 0 amide bonds. The van der Waals surface area contributed by atoms with E-state index in [4.69, 9.17) is 0 Å². The molecule has 1 aliphatic heterocycles. The van der Waals surface area contributed by atoms with E-state index in [9.17, 15) is 0 Å². The number of pyridine rings is 1. The number of hydrogen-bond acceptors (Lipinski definition) is 2. The molecule has 1 unspecified atom stereocenters. The molecular formula is C11H13N3. The third-order valence-corrected chi connectivity index (χ3v) is 2.94. The van der Waals surface area contributed by atoms with Crippen molar-refractivity contribution in [3.8, 4) is 0 Å². The first-order chi connectivity index (χ1) is 6.93. The number of rotatable bonds is 1. The summed E-state index contributed by atoms with van der Waals surface area (Å²) < 4.78 is 0. The van der Waals surface area contributed by atoms with E-state index < -0.39 is 0 Å². The summed E-state index contributed by atoms with van der Waals surface area (Å²) in [6, 6.07) is 4.30. The molecule has 14 heavy (non-hydrogen) atoms. The predicted molar refractivity (Wildman–Crippen MR) is 56.3 cm³/mol. The minimum absolute atomic E-state index is 0.606. The van der Waals surface area contributed by atoms with Crippen molar-refractivity contribution in [2.75, 3.05) is 13.1 Å². The molecule has 0 saturated carbocycles. The van der Waals surface area contributed by atoms with Gasteiger partial charge in [-0.3, -0.25) is 4.98 Å². The maximum atomic E-state index is 4.49. The lowest BCUT2D eigenvalue weighted by molar-refractivity contribution is 0.737. The summed E-state index contributed by atoms with van der Waals surface area (Å²) in [5.74, 6) is 0.606. The van der Waals surface area contributed by atoms with Crippen LogP contribution in [0, 0.1) is 0 Å². The van der Waals surface area contributed by atoms with E-state index in [1.807, 2.05) is 12.4 Å². The quantitative estimate of drug-likeness (QED) is 0.712. The van der Waals surface area contributed by atoms with E-state index in [0.717, 1.165) is 18.6 Å². The van der Waals surface area contributed by atoms with Gasteiger partial charge in [0.1, 0.15) is 0 Å². The van der Waals surface area contributed by atoms with Gasteiger partial charge >= 0.3 is 0 Å². The van der Waals surface area contributed by atoms with E-state index in [2.05, 4.69) is 27.4 Å². The number of aromatic amines is 1. The number of hydrogen-bond donors (Lipinski definition) is 2. The molecule has 0 aliphatic carbocycles. The van der Waals surface area contributed by atoms with Crippen LogP contribution >= 0.6 is 0 Å². The monoisotopic (exact) mass is 187 g/mol. The standard InChI is InChI=1S/C11H13N3/c1-3-12-6-9(1)10-5-8-2-4-13-11(8)7-14-10/h2,4-5,7,9,12-13H,1,3,6H2. The summed E-state index contributed by atoms with van der Waals surface area (Å²) in [5.41, 5.74) is 2.35. The molecular weight excluding hydrogens is 174 g/mol. The van der Waals surface area contributed by atoms with E-state index >= 15 is 0 Å². The van der Waals surface area contributed by atoms with Gasteiger partial charge in [0.15, 0.2) is 0 Å². The van der Waals surface area contributed by atoms with Crippen molar-refractivity contribution in [1.82, 2.24) is 15.3 Å². The van der Waals surface area contributed by atoms with Gasteiger partial charge in [-0.25, -0.2) is 0 Å². The summed E-state index contributed by atoms with van der Waals surface area (Å²) in [4.78, 5) is 7.65. The fourth-order valence-electron chi connectivity index (χ4n) is 2.10. The molecule has 0 radical (unpaired) electrons. The lowest BCUT2D eigenvalue weighted by atomic mass is 10.0. The molecule has 2 aromatic rings. The Bertz CT molecular complexity index is 440. The number of nitrogens with zero attached hydrogens (tertiary/aromatic N) is 1. The molecule has 72 valence electrons. The summed E-state index contributed by atoms with van der Waals surface area (Å²) in [6.07, 6.45) is 5.11. The van der Waals surface area contributed by atoms with Gasteiger partial charge in [-0.15, -0.1) is 0 Å². The highest BCUT2D eigenvalue weighted by Crippen LogP contribution is 2.23. The lowest BCUT2D eigenvalue weighted by Crippen LogP contribution is -2.08. The highest BCUT2D eigenvalue weighted by Gasteiger charge is 2.17. The molecule has 0 spiro atoms. The summed E-state index contributed by atoms with van der Waals surface area (Å²) in [7, 11) is 0. The summed E-state index contributed by atoms with van der Waals surface area (Å²) in [6.45, 7) is 2.19. The topological polar surface area (TPSA) is 40.7 Å². The Kier molecular flexibility index (Phi) is 1.77. The average molecular weight is 187 g/mol. The Hall–Kier alpha value is -1.35. The maximum Gasteiger partial charge on any atom is 0.0640 e. The van der Waals surface area contributed by atoms with Gasteiger partial charge in [0.2, 0.25) is 0 Å². The molecule has 3 rings (SSSR count). The van der Waals surface area contributed by atoms with Crippen molar-refractivity contribution in [3.05, 3.63) is 30.2 Å². The second kappa shape index (κ2) is 3.10. The van der Waals surface area contributed by atoms with Crippen LogP contribution in [0.2, 0.25) is 0 Å². The Morgan fingerprint density at radius 3 is 3.29 bits per heavy atom. The van der Waals surface area contributed by atoms with E-state index in [-0.39, 0.29) is 0 Å². The molecule has 1 saturated heterocycles. The molecule has 2 aromatic heterocycles. The molecule has 2 N–H and O–H groups in total. The zero-order valence-electron chi connectivity index (χ0n) is 7.96. The maximum absolute atomic E-state index is 4.49. The van der Waals surface area contributed by atoms with Crippen molar-refractivity contribution in [1.29, 1.82) is 0 Å². The molecule has 0 bridgehead atoms. The highest BCUT2D eigenvalue weighted by atomic mass is 14.9. The van der Waals surface area contributed by atoms with Crippen LogP contribution in [0.4, 0.5) is 0 Å². The number of nitrogens with one attached hydrogen (secondary N) is 2. The minimum atomic E-state index is 0.606. The van der Waals surface area contributed by atoms with Crippen LogP contribution in [0.3, 0.4) is 0 Å². The fraction of sp³-hybridized carbons (Fsp3) is 0.364. The third-order valence-electron chi connectivity index (χ3n) is 2.94. The largest absolute Gasteiger partial charge is 0.360 e. The third kappa shape index (κ3) is 1.21. The van der Waals surface area contributed by atoms with Crippen LogP contribution in [0.1, 0.15) is 18.0 Å². The highest BCUT2D eigenvalue weighted by molar-refractivity contribution is 5.78. The van der Waals surface area contributed by atoms with Gasteiger partial charge in [-0.05, 0) is 25.1 Å². The normalized spacial score (nSPS) is 21.9. The Morgan fingerprint density at radius 2 is 2.43 bits per heavy atom. The van der Waals surface area contributed by atoms with E-state index in [1.165, 1.54) is 17.5 Å². The van der Waals surface area contributed by atoms with Gasteiger partial charge in [0.25, 0.3) is 0 Å². The van der Waals surface area contributed by atoms with E-state index in [0.29, 0.717) is 5.92 Å². The van der Waals surface area contributed by atoms with Crippen LogP contribution in [-0.2, 0) is 0 Å². The van der Waals surface area contributed by atoms with Gasteiger partial charge < -0.3 is 10.3 Å². The molecule has 3 nitrogen and oxygen atoms in total. The first-order valence-corrected chi connectivity index (χ1v) is 5.07. The van der Waals surface area contributed by atoms with E-state index in [1.54, 1.807) is 0 Å². The number of H-pyrrole nitrogens is 1. The van der Waals surface area contributed by atoms with Gasteiger partial charge in [0, 0.05) is 29.7 Å². The van der Waals surface area contributed by atoms with Crippen LogP contribution in [-0.4, -0.2) is 23.1 Å². The van der Waals surface area contributed by atoms with Crippen molar-refractivity contribution in [3.63, 3.8) is 0 Å². The number of fused-ring (bicyclic) bond motifs is 1. The second-order valence-corrected chi connectivity index (χ2v) is 3.86. The zero-order valence-corrected chi connectivity index (χ0v) is 7.96. The molecule has 3 heterocycles. The van der Waals surface area contributed by atoms with Crippen molar-refractivity contribution >= 4 is 10.9 Å². The first kappa shape index (κ1) is 8.00. The van der Waals surface area contributed by atoms with Crippen molar-refractivity contribution in [2.24, 2.45) is 0 Å². The lowest BCUT2D eigenvalue weighted by Gasteiger charge is -2.06. The molecule has 1 aliphatic rings. The van der Waals surface area contributed by atoms with Crippen LogP contribution < -0.4 is 5.32 Å². The molecule has 1 fully saturated rings. The van der Waals surface area contributed by atoms with Crippen LogP contribution in [0.15, 0.2) is 24.5 Å². The van der Waals surface area contributed by atoms with Crippen molar-refractivity contribution in [2.45, 2.75) is 12.3 Å². The van der Waals surface area contributed by atoms with Gasteiger partial charge in [-0.1, -0.05) is 0 Å². The Morgan fingerprint density at radius 1 is 1.43 bits per heavy atom. The molecule has 3 heteroatoms. The average Bonchev–Trinajstić information content (AvgIpc) is 2.88. The second-order valence-electron chi connectivity index (χ2n) is 3.86. The Balaban J connectivity index is 2.04. The van der Waals surface area contributed by atoms with Crippen molar-refractivity contribution < 1.29 is 0 Å². The van der Waals surface area contributed by atoms with Crippen LogP contribution in [0.25, 0.3) is 10.9 Å². The first-order valence-electron chi connectivity index (χ1n) is 5.07. The minimum Gasteiger partial charge on any atom is -0.360 e. The summed E-state index contributed by atoms with van der Waals surface area (Å²) in [5, 5.41) is 4.63. The number of aromatic nitrogens is 2. The van der Waals surface area contributed by atoms with Gasteiger partial charge in [-0.2, -0.15) is 0 Å². The Labute approximate surface area is 82.5 Å².